The third-order valence-corrected chi connectivity index (χ3v) is 6.32. The lowest BCUT2D eigenvalue weighted by molar-refractivity contribution is -0.147. The van der Waals surface area contributed by atoms with Crippen LogP contribution in [0.5, 0.6) is 0 Å². The Hall–Kier alpha value is -2.07. The number of rotatable bonds is 5. The average molecular weight is 373 g/mol. The molecule has 1 aromatic rings. The molecule has 1 saturated heterocycles. The van der Waals surface area contributed by atoms with Crippen molar-refractivity contribution >= 4 is 23.6 Å². The van der Waals surface area contributed by atoms with Gasteiger partial charge in [-0.25, -0.2) is 9.78 Å². The summed E-state index contributed by atoms with van der Waals surface area (Å²) in [6.07, 6.45) is 5.34. The van der Waals surface area contributed by atoms with Crippen molar-refractivity contribution in [3.8, 4) is 6.07 Å². The van der Waals surface area contributed by atoms with Gasteiger partial charge in [0.05, 0.1) is 11.3 Å². The minimum absolute atomic E-state index is 0.113. The average Bonchev–Trinajstić information content (AvgIpc) is 3.15. The molecule has 0 spiro atoms. The van der Waals surface area contributed by atoms with E-state index in [0.29, 0.717) is 35.9 Å². The standard InChI is InChI=1S/C19H23N3O3S/c1-2-12-5-6-15-13(8-12)9-14(10-20)18(21-15)26-11-17(23)22-7-3-4-16(22)19(24)25/h9,12,16H,2-8,11H2,1H3,(H,24,25). The van der Waals surface area contributed by atoms with Crippen molar-refractivity contribution in [2.24, 2.45) is 5.92 Å². The number of carbonyl (C=O) groups is 2. The van der Waals surface area contributed by atoms with Gasteiger partial charge in [-0.2, -0.15) is 5.26 Å². The Bertz CT molecular complexity index is 759. The molecule has 1 N–H and O–H groups in total. The van der Waals surface area contributed by atoms with Gasteiger partial charge in [0.1, 0.15) is 17.1 Å². The van der Waals surface area contributed by atoms with Crippen LogP contribution in [0.3, 0.4) is 0 Å². The molecule has 0 aromatic carbocycles. The lowest BCUT2D eigenvalue weighted by atomic mass is 9.85. The molecule has 6 nitrogen and oxygen atoms in total. The normalized spacial score (nSPS) is 21.9. The number of carbonyl (C=O) groups excluding carboxylic acids is 1. The molecule has 1 aliphatic heterocycles. The van der Waals surface area contributed by atoms with Crippen molar-refractivity contribution in [3.05, 3.63) is 22.9 Å². The van der Waals surface area contributed by atoms with Gasteiger partial charge in [-0.3, -0.25) is 4.79 Å². The molecule has 2 atom stereocenters. The van der Waals surface area contributed by atoms with Gasteiger partial charge in [0.2, 0.25) is 5.91 Å². The quantitative estimate of drug-likeness (QED) is 0.798. The van der Waals surface area contributed by atoms with Crippen LogP contribution in [-0.2, 0) is 22.4 Å². The summed E-state index contributed by atoms with van der Waals surface area (Å²) < 4.78 is 0. The van der Waals surface area contributed by atoms with E-state index in [-0.39, 0.29) is 11.7 Å². The molecule has 2 unspecified atom stereocenters. The first kappa shape index (κ1) is 18.7. The molecule has 0 saturated carbocycles. The zero-order valence-corrected chi connectivity index (χ0v) is 15.7. The van der Waals surface area contributed by atoms with Crippen molar-refractivity contribution in [2.75, 3.05) is 12.3 Å². The van der Waals surface area contributed by atoms with Crippen molar-refractivity contribution < 1.29 is 14.7 Å². The topological polar surface area (TPSA) is 94.3 Å². The van der Waals surface area contributed by atoms with Gasteiger partial charge in [0.15, 0.2) is 0 Å². The number of amides is 1. The van der Waals surface area contributed by atoms with E-state index in [1.807, 2.05) is 6.07 Å². The third kappa shape index (κ3) is 3.85. The van der Waals surface area contributed by atoms with Gasteiger partial charge in [-0.15, -0.1) is 0 Å². The Labute approximate surface area is 157 Å². The molecular weight excluding hydrogens is 350 g/mol. The van der Waals surface area contributed by atoms with E-state index in [9.17, 15) is 20.0 Å². The Morgan fingerprint density at radius 2 is 2.27 bits per heavy atom. The number of carboxylic acids is 1. The Kier molecular flexibility index (Phi) is 5.82. The maximum atomic E-state index is 12.4. The van der Waals surface area contributed by atoms with Crippen molar-refractivity contribution in [2.45, 2.75) is 56.5 Å². The SMILES string of the molecule is CCC1CCc2nc(SCC(=O)N3CCCC3C(=O)O)c(C#N)cc2C1. The molecule has 2 aliphatic rings. The maximum absolute atomic E-state index is 12.4. The van der Waals surface area contributed by atoms with Crippen LogP contribution in [0.25, 0.3) is 0 Å². The Balaban J connectivity index is 1.71. The number of thioether (sulfide) groups is 1. The summed E-state index contributed by atoms with van der Waals surface area (Å²) in [5.41, 5.74) is 2.70. The fourth-order valence-corrected chi connectivity index (χ4v) is 4.66. The van der Waals surface area contributed by atoms with Crippen LogP contribution in [0.1, 0.15) is 49.4 Å². The number of aromatic nitrogens is 1. The van der Waals surface area contributed by atoms with Crippen LogP contribution in [0.15, 0.2) is 11.1 Å². The second-order valence-corrected chi connectivity index (χ2v) is 7.91. The summed E-state index contributed by atoms with van der Waals surface area (Å²) in [6, 6.07) is 3.40. The van der Waals surface area contributed by atoms with Gasteiger partial charge in [-0.05, 0) is 49.7 Å². The number of likely N-dealkylation sites (tertiary alicyclic amines) is 1. The summed E-state index contributed by atoms with van der Waals surface area (Å²) in [5.74, 6) is -0.383. The number of aryl methyl sites for hydroxylation is 1. The Morgan fingerprint density at radius 3 is 2.96 bits per heavy atom. The van der Waals surface area contributed by atoms with Crippen molar-refractivity contribution in [3.63, 3.8) is 0 Å². The van der Waals surface area contributed by atoms with E-state index in [2.05, 4.69) is 18.0 Å². The largest absolute Gasteiger partial charge is 0.480 e. The van der Waals surface area contributed by atoms with Crippen molar-refractivity contribution in [1.29, 1.82) is 5.26 Å². The molecule has 1 fully saturated rings. The highest BCUT2D eigenvalue weighted by atomic mass is 32.2. The number of nitriles is 1. The van der Waals surface area contributed by atoms with Gasteiger partial charge in [-0.1, -0.05) is 25.1 Å². The second-order valence-electron chi connectivity index (χ2n) is 6.95. The number of hydrogen-bond acceptors (Lipinski definition) is 5. The van der Waals surface area contributed by atoms with Crippen molar-refractivity contribution in [1.82, 2.24) is 9.88 Å². The fourth-order valence-electron chi connectivity index (χ4n) is 3.79. The summed E-state index contributed by atoms with van der Waals surface area (Å²) in [5, 5.41) is 19.3. The van der Waals surface area contributed by atoms with Crippen LogP contribution >= 0.6 is 11.8 Å². The third-order valence-electron chi connectivity index (χ3n) is 5.34. The van der Waals surface area contributed by atoms with Gasteiger partial charge < -0.3 is 10.0 Å². The van der Waals surface area contributed by atoms with E-state index in [1.54, 1.807) is 0 Å². The first-order valence-electron chi connectivity index (χ1n) is 9.11. The first-order chi connectivity index (χ1) is 12.5. The van der Waals surface area contributed by atoms with Crippen LogP contribution < -0.4 is 0 Å². The zero-order chi connectivity index (χ0) is 18.7. The van der Waals surface area contributed by atoms with E-state index in [4.69, 9.17) is 0 Å². The number of carboxylic acid groups (broad SMARTS) is 1. The fraction of sp³-hybridized carbons (Fsp3) is 0.579. The van der Waals surface area contributed by atoms with Crippen LogP contribution in [0.4, 0.5) is 0 Å². The van der Waals surface area contributed by atoms with Crippen LogP contribution in [0.2, 0.25) is 0 Å². The molecule has 26 heavy (non-hydrogen) atoms. The lowest BCUT2D eigenvalue weighted by Gasteiger charge is -2.24. The minimum atomic E-state index is -0.948. The molecule has 0 bridgehead atoms. The molecule has 7 heteroatoms. The molecular formula is C19H23N3O3S. The summed E-state index contributed by atoms with van der Waals surface area (Å²) in [4.78, 5) is 29.8. The highest BCUT2D eigenvalue weighted by Gasteiger charge is 2.33. The molecule has 1 aliphatic carbocycles. The molecule has 0 radical (unpaired) electrons. The predicted molar refractivity (Wildman–Crippen MR) is 97.9 cm³/mol. The summed E-state index contributed by atoms with van der Waals surface area (Å²) in [6.45, 7) is 2.67. The van der Waals surface area contributed by atoms with Crippen LogP contribution in [-0.4, -0.2) is 45.2 Å². The van der Waals surface area contributed by atoms with Gasteiger partial charge in [0.25, 0.3) is 0 Å². The highest BCUT2D eigenvalue weighted by Crippen LogP contribution is 2.31. The smallest absolute Gasteiger partial charge is 0.326 e. The summed E-state index contributed by atoms with van der Waals surface area (Å²) >= 11 is 1.24. The predicted octanol–water partition coefficient (Wildman–Crippen LogP) is 2.64. The zero-order valence-electron chi connectivity index (χ0n) is 14.9. The van der Waals surface area contributed by atoms with E-state index < -0.39 is 12.0 Å². The monoisotopic (exact) mass is 373 g/mol. The maximum Gasteiger partial charge on any atom is 0.326 e. The van der Waals surface area contributed by atoms with Gasteiger partial charge >= 0.3 is 5.97 Å². The van der Waals surface area contributed by atoms with E-state index in [0.717, 1.165) is 36.9 Å². The Morgan fingerprint density at radius 1 is 1.46 bits per heavy atom. The molecule has 1 amide bonds. The number of fused-ring (bicyclic) bond motifs is 1. The second kappa shape index (κ2) is 8.09. The minimum Gasteiger partial charge on any atom is -0.480 e. The van der Waals surface area contributed by atoms with Crippen LogP contribution in [0, 0.1) is 17.2 Å². The molecule has 2 heterocycles. The highest BCUT2D eigenvalue weighted by molar-refractivity contribution is 8.00. The molecule has 138 valence electrons. The van der Waals surface area contributed by atoms with E-state index in [1.165, 1.54) is 16.7 Å². The lowest BCUT2D eigenvalue weighted by Crippen LogP contribution is -2.41. The number of nitrogens with zero attached hydrogens (tertiary/aromatic N) is 3. The first-order valence-corrected chi connectivity index (χ1v) is 10.1. The number of aliphatic carboxylic acids is 1. The molecule has 1 aromatic heterocycles. The molecule has 3 rings (SSSR count). The summed E-state index contributed by atoms with van der Waals surface area (Å²) in [7, 11) is 0. The number of hydrogen-bond donors (Lipinski definition) is 1. The van der Waals surface area contributed by atoms with Gasteiger partial charge in [0, 0.05) is 12.2 Å². The number of pyridine rings is 1. The van der Waals surface area contributed by atoms with E-state index >= 15 is 0 Å².